The van der Waals surface area contributed by atoms with Gasteiger partial charge in [-0.25, -0.2) is 0 Å². The number of aryl methyl sites for hydroxylation is 1. The van der Waals surface area contributed by atoms with E-state index in [0.717, 1.165) is 16.7 Å². The van der Waals surface area contributed by atoms with Crippen molar-refractivity contribution < 1.29 is 0 Å². The van der Waals surface area contributed by atoms with Crippen molar-refractivity contribution in [3.63, 3.8) is 0 Å². The molecule has 3 rings (SSSR count). The number of nitrogens with zero attached hydrogens (tertiary/aromatic N) is 4. The van der Waals surface area contributed by atoms with Crippen molar-refractivity contribution in [2.75, 3.05) is 0 Å². The topological polar surface area (TPSA) is 43.6 Å². The average Bonchev–Trinajstić information content (AvgIpc) is 2.89. The van der Waals surface area contributed by atoms with Gasteiger partial charge in [0.2, 0.25) is 5.82 Å². The van der Waals surface area contributed by atoms with E-state index in [2.05, 4.69) is 27.5 Å². The van der Waals surface area contributed by atoms with E-state index in [1.54, 1.807) is 4.80 Å². The molecule has 1 aromatic heterocycles. The van der Waals surface area contributed by atoms with E-state index in [1.807, 2.05) is 49.4 Å². The third-order valence-electron chi connectivity index (χ3n) is 3.01. The fourth-order valence-electron chi connectivity index (χ4n) is 1.99. The molecule has 0 aliphatic carbocycles. The van der Waals surface area contributed by atoms with Crippen LogP contribution in [0.2, 0.25) is 0 Å². The normalized spacial score (nSPS) is 10.6. The summed E-state index contributed by atoms with van der Waals surface area (Å²) >= 11 is 0. The van der Waals surface area contributed by atoms with Crippen LogP contribution in [0.5, 0.6) is 0 Å². The lowest BCUT2D eigenvalue weighted by molar-refractivity contribution is 0.573. The zero-order valence-electron chi connectivity index (χ0n) is 10.7. The van der Waals surface area contributed by atoms with Gasteiger partial charge in [0.05, 0.1) is 6.54 Å². The van der Waals surface area contributed by atoms with Crippen molar-refractivity contribution in [1.29, 1.82) is 0 Å². The highest BCUT2D eigenvalue weighted by molar-refractivity contribution is 5.58. The average molecular weight is 250 g/mol. The maximum Gasteiger partial charge on any atom is 0.205 e. The van der Waals surface area contributed by atoms with Gasteiger partial charge in [0.1, 0.15) is 0 Å². The highest BCUT2D eigenvalue weighted by atomic mass is 15.6. The first-order chi connectivity index (χ1) is 9.33. The van der Waals surface area contributed by atoms with Gasteiger partial charge in [0, 0.05) is 5.56 Å². The fourth-order valence-corrected chi connectivity index (χ4v) is 1.99. The van der Waals surface area contributed by atoms with Gasteiger partial charge >= 0.3 is 0 Å². The molecule has 0 saturated heterocycles. The first-order valence-electron chi connectivity index (χ1n) is 6.21. The van der Waals surface area contributed by atoms with Crippen LogP contribution >= 0.6 is 0 Å². The van der Waals surface area contributed by atoms with Crippen LogP contribution in [-0.4, -0.2) is 20.2 Å². The number of tetrazole rings is 1. The summed E-state index contributed by atoms with van der Waals surface area (Å²) in [6.07, 6.45) is 0. The van der Waals surface area contributed by atoms with Gasteiger partial charge in [-0.15, -0.1) is 10.2 Å². The van der Waals surface area contributed by atoms with Crippen molar-refractivity contribution in [3.05, 3.63) is 65.7 Å². The van der Waals surface area contributed by atoms with Gasteiger partial charge in [-0.2, -0.15) is 4.80 Å². The molecule has 0 amide bonds. The lowest BCUT2D eigenvalue weighted by Crippen LogP contribution is -2.03. The van der Waals surface area contributed by atoms with Gasteiger partial charge in [-0.3, -0.25) is 0 Å². The van der Waals surface area contributed by atoms with Crippen molar-refractivity contribution in [1.82, 2.24) is 20.2 Å². The largest absolute Gasteiger partial charge is 0.205 e. The first-order valence-corrected chi connectivity index (χ1v) is 6.21. The Morgan fingerprint density at radius 3 is 2.47 bits per heavy atom. The van der Waals surface area contributed by atoms with E-state index in [1.165, 1.54) is 0 Å². The molecule has 94 valence electrons. The second-order valence-corrected chi connectivity index (χ2v) is 4.44. The van der Waals surface area contributed by atoms with E-state index in [4.69, 9.17) is 0 Å². The fraction of sp³-hybridized carbons (Fsp3) is 0.133. The number of hydrogen-bond donors (Lipinski definition) is 0. The van der Waals surface area contributed by atoms with Crippen LogP contribution in [0.4, 0.5) is 0 Å². The third-order valence-corrected chi connectivity index (χ3v) is 3.01. The van der Waals surface area contributed by atoms with Crippen molar-refractivity contribution in [3.8, 4) is 11.4 Å². The molecule has 0 radical (unpaired) electrons. The predicted molar refractivity (Wildman–Crippen MR) is 73.5 cm³/mol. The van der Waals surface area contributed by atoms with Crippen molar-refractivity contribution in [2.45, 2.75) is 13.5 Å². The van der Waals surface area contributed by atoms with E-state index in [-0.39, 0.29) is 0 Å². The summed E-state index contributed by atoms with van der Waals surface area (Å²) in [6, 6.07) is 18.2. The van der Waals surface area contributed by atoms with E-state index < -0.39 is 0 Å². The quantitative estimate of drug-likeness (QED) is 0.717. The summed E-state index contributed by atoms with van der Waals surface area (Å²) in [4.78, 5) is 1.62. The minimum Gasteiger partial charge on any atom is -0.159 e. The van der Waals surface area contributed by atoms with Gasteiger partial charge in [0.15, 0.2) is 0 Å². The van der Waals surface area contributed by atoms with Crippen molar-refractivity contribution >= 4 is 0 Å². The molecule has 2 aromatic carbocycles. The third kappa shape index (κ3) is 2.52. The van der Waals surface area contributed by atoms with E-state index >= 15 is 0 Å². The number of hydrogen-bond acceptors (Lipinski definition) is 3. The summed E-state index contributed by atoms with van der Waals surface area (Å²) in [5, 5.41) is 12.7. The molecule has 1 heterocycles. The molecule has 3 aromatic rings. The molecule has 0 unspecified atom stereocenters. The molecular formula is C15H14N4. The lowest BCUT2D eigenvalue weighted by Gasteiger charge is -1.99. The minimum atomic E-state index is 0.639. The van der Waals surface area contributed by atoms with Gasteiger partial charge < -0.3 is 0 Å². The number of rotatable bonds is 3. The maximum atomic E-state index is 4.43. The Labute approximate surface area is 111 Å². The van der Waals surface area contributed by atoms with E-state index in [9.17, 15) is 0 Å². The Balaban J connectivity index is 1.86. The molecular weight excluding hydrogens is 236 g/mol. The molecule has 0 spiro atoms. The van der Waals surface area contributed by atoms with Crippen LogP contribution in [0, 0.1) is 6.92 Å². The summed E-state index contributed by atoms with van der Waals surface area (Å²) < 4.78 is 0. The summed E-state index contributed by atoms with van der Waals surface area (Å²) in [7, 11) is 0. The molecule has 0 saturated carbocycles. The molecule has 0 atom stereocenters. The Hall–Kier alpha value is -2.49. The standard InChI is InChI=1S/C15H14N4/c1-12-7-5-6-10-14(12)15-16-18-19(17-15)11-13-8-3-2-4-9-13/h2-10H,11H2,1H3. The monoisotopic (exact) mass is 250 g/mol. The maximum absolute atomic E-state index is 4.43. The van der Waals surface area contributed by atoms with E-state index in [0.29, 0.717) is 12.4 Å². The van der Waals surface area contributed by atoms with Gasteiger partial charge in [0.25, 0.3) is 0 Å². The number of aromatic nitrogens is 4. The highest BCUT2D eigenvalue weighted by Crippen LogP contribution is 2.17. The van der Waals surface area contributed by atoms with Crippen LogP contribution in [0.15, 0.2) is 54.6 Å². The molecule has 0 aliphatic rings. The molecule has 4 heteroatoms. The van der Waals surface area contributed by atoms with Crippen LogP contribution in [0.1, 0.15) is 11.1 Å². The van der Waals surface area contributed by atoms with Crippen LogP contribution in [-0.2, 0) is 6.54 Å². The SMILES string of the molecule is Cc1ccccc1-c1nnn(Cc2ccccc2)n1. The Kier molecular flexibility index (Phi) is 3.06. The molecule has 4 nitrogen and oxygen atoms in total. The Morgan fingerprint density at radius 1 is 0.947 bits per heavy atom. The second-order valence-electron chi connectivity index (χ2n) is 4.44. The molecule has 0 aliphatic heterocycles. The molecule has 19 heavy (non-hydrogen) atoms. The zero-order chi connectivity index (χ0) is 13.1. The van der Waals surface area contributed by atoms with Gasteiger partial charge in [-0.1, -0.05) is 54.6 Å². The minimum absolute atomic E-state index is 0.639. The highest BCUT2D eigenvalue weighted by Gasteiger charge is 2.08. The Morgan fingerprint density at radius 2 is 1.68 bits per heavy atom. The second kappa shape index (κ2) is 5.02. The van der Waals surface area contributed by atoms with Crippen molar-refractivity contribution in [2.24, 2.45) is 0 Å². The van der Waals surface area contributed by atoms with Crippen LogP contribution in [0.3, 0.4) is 0 Å². The smallest absolute Gasteiger partial charge is 0.159 e. The number of benzene rings is 2. The summed E-state index contributed by atoms with van der Waals surface area (Å²) in [5.41, 5.74) is 3.35. The van der Waals surface area contributed by atoms with Crippen LogP contribution in [0.25, 0.3) is 11.4 Å². The predicted octanol–water partition coefficient (Wildman–Crippen LogP) is 2.70. The molecule has 0 N–H and O–H groups in total. The molecule has 0 bridgehead atoms. The Bertz CT molecular complexity index is 673. The summed E-state index contributed by atoms with van der Waals surface area (Å²) in [5.74, 6) is 0.675. The van der Waals surface area contributed by atoms with Gasteiger partial charge in [-0.05, 0) is 23.3 Å². The lowest BCUT2D eigenvalue weighted by atomic mass is 10.1. The van der Waals surface area contributed by atoms with Crippen LogP contribution < -0.4 is 0 Å². The summed E-state index contributed by atoms with van der Waals surface area (Å²) in [6.45, 7) is 2.69. The molecule has 0 fully saturated rings. The zero-order valence-corrected chi connectivity index (χ0v) is 10.7. The first kappa shape index (κ1) is 11.6.